The maximum absolute atomic E-state index is 11.6. The molecule has 8 nitrogen and oxygen atoms in total. The highest BCUT2D eigenvalue weighted by atomic mass is 32.2. The van der Waals surface area contributed by atoms with Crippen molar-refractivity contribution in [3.8, 4) is 22.9 Å². The van der Waals surface area contributed by atoms with E-state index in [1.807, 2.05) is 18.2 Å². The number of fused-ring (bicyclic) bond motifs is 1. The van der Waals surface area contributed by atoms with Gasteiger partial charge in [-0.1, -0.05) is 0 Å². The van der Waals surface area contributed by atoms with Crippen LogP contribution in [0.2, 0.25) is 0 Å². The van der Waals surface area contributed by atoms with Gasteiger partial charge < -0.3 is 14.7 Å². The fraction of sp³-hybridized carbons (Fsp3) is 0.381. The van der Waals surface area contributed by atoms with E-state index in [9.17, 15) is 14.6 Å². The fourth-order valence-corrected chi connectivity index (χ4v) is 4.39. The van der Waals surface area contributed by atoms with Gasteiger partial charge in [-0.15, -0.1) is 0 Å². The van der Waals surface area contributed by atoms with Gasteiger partial charge in [0.15, 0.2) is 0 Å². The monoisotopic (exact) mass is 425 g/mol. The summed E-state index contributed by atoms with van der Waals surface area (Å²) < 4.78 is 19.0. The second-order valence-electron chi connectivity index (χ2n) is 7.89. The van der Waals surface area contributed by atoms with Crippen molar-refractivity contribution in [1.82, 2.24) is 14.6 Å². The first kappa shape index (κ1) is 20.3. The van der Waals surface area contributed by atoms with Crippen molar-refractivity contribution in [1.29, 1.82) is 5.26 Å². The van der Waals surface area contributed by atoms with Crippen LogP contribution in [-0.2, 0) is 10.8 Å². The number of pyridine rings is 2. The van der Waals surface area contributed by atoms with Crippen LogP contribution < -0.4 is 9.64 Å². The molecule has 156 valence electrons. The Balaban J connectivity index is 1.70. The van der Waals surface area contributed by atoms with E-state index < -0.39 is 16.4 Å². The average Bonchev–Trinajstić information content (AvgIpc) is 3.15. The topological polar surface area (TPSA) is 104 Å². The maximum Gasteiger partial charge on any atom is 0.138 e. The second-order valence-corrected chi connectivity index (χ2v) is 9.59. The Labute approximate surface area is 177 Å². The SMILES string of the molecule is CC(C)(O)COc1cc(-c2ccc(N3CCS(=O)CC3)nc2)c2c(C#N)cnn2c1. The van der Waals surface area contributed by atoms with Gasteiger partial charge in [0, 0.05) is 52.7 Å². The number of nitrogens with zero attached hydrogens (tertiary/aromatic N) is 5. The number of ether oxygens (including phenoxy) is 1. The number of anilines is 1. The number of rotatable bonds is 5. The lowest BCUT2D eigenvalue weighted by Gasteiger charge is -2.27. The highest BCUT2D eigenvalue weighted by Gasteiger charge is 2.19. The summed E-state index contributed by atoms with van der Waals surface area (Å²) >= 11 is 0. The van der Waals surface area contributed by atoms with Crippen LogP contribution in [0.15, 0.2) is 36.8 Å². The standard InChI is InChI=1S/C21H23N5O3S/c1-21(2,27)14-29-17-9-18(20-16(10-22)12-24-26(20)13-17)15-3-4-19(23-11-15)25-5-7-30(28)8-6-25/h3-4,9,11-13,27H,5-8,14H2,1-2H3. The first-order valence-electron chi connectivity index (χ1n) is 9.67. The van der Waals surface area contributed by atoms with Crippen LogP contribution in [0.5, 0.6) is 5.75 Å². The van der Waals surface area contributed by atoms with Crippen LogP contribution >= 0.6 is 0 Å². The maximum atomic E-state index is 11.6. The molecule has 0 bridgehead atoms. The molecular formula is C21H23N5O3S. The lowest BCUT2D eigenvalue weighted by molar-refractivity contribution is 0.0283. The van der Waals surface area contributed by atoms with Crippen molar-refractivity contribution in [2.45, 2.75) is 19.4 Å². The Bertz CT molecular complexity index is 1120. The molecule has 1 fully saturated rings. The summed E-state index contributed by atoms with van der Waals surface area (Å²) in [5.41, 5.74) is 1.77. The molecule has 0 aromatic carbocycles. The first-order valence-corrected chi connectivity index (χ1v) is 11.2. The van der Waals surface area contributed by atoms with Gasteiger partial charge in [0.05, 0.1) is 29.1 Å². The first-order chi connectivity index (χ1) is 14.3. The Hall–Kier alpha value is -2.96. The minimum Gasteiger partial charge on any atom is -0.489 e. The second kappa shape index (κ2) is 8.05. The zero-order chi connectivity index (χ0) is 21.3. The molecule has 1 saturated heterocycles. The molecule has 3 aromatic rings. The van der Waals surface area contributed by atoms with Crippen LogP contribution in [-0.4, -0.2) is 60.7 Å². The third-order valence-electron chi connectivity index (χ3n) is 4.86. The van der Waals surface area contributed by atoms with E-state index in [2.05, 4.69) is 21.1 Å². The van der Waals surface area contributed by atoms with Crippen molar-refractivity contribution in [2.75, 3.05) is 36.1 Å². The molecule has 9 heteroatoms. The summed E-state index contributed by atoms with van der Waals surface area (Å²) in [7, 11) is -0.736. The van der Waals surface area contributed by atoms with Gasteiger partial charge in [-0.2, -0.15) is 10.4 Å². The van der Waals surface area contributed by atoms with Crippen LogP contribution in [0, 0.1) is 11.3 Å². The molecule has 3 aromatic heterocycles. The van der Waals surface area contributed by atoms with Crippen LogP contribution in [0.25, 0.3) is 16.6 Å². The van der Waals surface area contributed by atoms with E-state index in [0.29, 0.717) is 28.3 Å². The van der Waals surface area contributed by atoms with Crippen molar-refractivity contribution < 1.29 is 14.1 Å². The van der Waals surface area contributed by atoms with E-state index >= 15 is 0 Å². The quantitative estimate of drug-likeness (QED) is 0.667. The van der Waals surface area contributed by atoms with Gasteiger partial charge in [-0.05, 0) is 32.0 Å². The summed E-state index contributed by atoms with van der Waals surface area (Å²) in [6.45, 7) is 4.92. The lowest BCUT2D eigenvalue weighted by atomic mass is 10.1. The molecule has 1 N–H and O–H groups in total. The van der Waals surface area contributed by atoms with Gasteiger partial charge in [0.25, 0.3) is 0 Å². The zero-order valence-corrected chi connectivity index (χ0v) is 17.7. The Morgan fingerprint density at radius 3 is 2.70 bits per heavy atom. The molecule has 0 amide bonds. The number of hydrogen-bond acceptors (Lipinski definition) is 7. The van der Waals surface area contributed by atoms with Gasteiger partial charge in [-0.3, -0.25) is 4.21 Å². The Morgan fingerprint density at radius 2 is 2.07 bits per heavy atom. The lowest BCUT2D eigenvalue weighted by Crippen LogP contribution is -2.38. The van der Waals surface area contributed by atoms with E-state index in [1.165, 1.54) is 6.20 Å². The van der Waals surface area contributed by atoms with Crippen molar-refractivity contribution in [2.24, 2.45) is 0 Å². The molecule has 30 heavy (non-hydrogen) atoms. The molecular weight excluding hydrogens is 402 g/mol. The average molecular weight is 426 g/mol. The summed E-state index contributed by atoms with van der Waals surface area (Å²) in [5, 5.41) is 23.7. The van der Waals surface area contributed by atoms with E-state index in [-0.39, 0.29) is 6.61 Å². The van der Waals surface area contributed by atoms with Crippen LogP contribution in [0.4, 0.5) is 5.82 Å². The number of hydrogen-bond donors (Lipinski definition) is 1. The predicted molar refractivity (Wildman–Crippen MR) is 115 cm³/mol. The molecule has 4 rings (SSSR count). The molecule has 0 atom stereocenters. The van der Waals surface area contributed by atoms with E-state index in [4.69, 9.17) is 4.74 Å². The number of aromatic nitrogens is 3. The molecule has 0 spiro atoms. The van der Waals surface area contributed by atoms with Crippen LogP contribution in [0.1, 0.15) is 19.4 Å². The molecule has 0 unspecified atom stereocenters. The molecule has 0 aliphatic carbocycles. The number of aliphatic hydroxyl groups is 1. The summed E-state index contributed by atoms with van der Waals surface area (Å²) in [5.74, 6) is 2.70. The third kappa shape index (κ3) is 4.30. The third-order valence-corrected chi connectivity index (χ3v) is 6.14. The minimum atomic E-state index is -0.974. The summed E-state index contributed by atoms with van der Waals surface area (Å²) in [4.78, 5) is 6.73. The molecule has 0 saturated carbocycles. The van der Waals surface area contributed by atoms with Crippen molar-refractivity contribution >= 4 is 22.1 Å². The van der Waals surface area contributed by atoms with Gasteiger partial charge in [0.2, 0.25) is 0 Å². The van der Waals surface area contributed by atoms with Gasteiger partial charge in [0.1, 0.15) is 24.2 Å². The van der Waals surface area contributed by atoms with Crippen molar-refractivity contribution in [3.05, 3.63) is 42.4 Å². The zero-order valence-electron chi connectivity index (χ0n) is 16.9. The van der Waals surface area contributed by atoms with Gasteiger partial charge in [-0.25, -0.2) is 9.50 Å². The minimum absolute atomic E-state index is 0.123. The normalized spacial score (nSPS) is 15.3. The summed E-state index contributed by atoms with van der Waals surface area (Å²) in [6, 6.07) is 7.91. The Morgan fingerprint density at radius 1 is 1.30 bits per heavy atom. The van der Waals surface area contributed by atoms with Crippen LogP contribution in [0.3, 0.4) is 0 Å². The molecule has 1 aliphatic rings. The predicted octanol–water partition coefficient (Wildman–Crippen LogP) is 1.99. The smallest absolute Gasteiger partial charge is 0.138 e. The van der Waals surface area contributed by atoms with Crippen molar-refractivity contribution in [3.63, 3.8) is 0 Å². The highest BCUT2D eigenvalue weighted by Crippen LogP contribution is 2.31. The van der Waals surface area contributed by atoms with Gasteiger partial charge >= 0.3 is 0 Å². The fourth-order valence-electron chi connectivity index (χ4n) is 3.34. The molecule has 1 aliphatic heterocycles. The largest absolute Gasteiger partial charge is 0.489 e. The Kier molecular flexibility index (Phi) is 5.45. The highest BCUT2D eigenvalue weighted by molar-refractivity contribution is 7.85. The molecule has 0 radical (unpaired) electrons. The van der Waals surface area contributed by atoms with E-state index in [1.54, 1.807) is 30.8 Å². The molecule has 4 heterocycles. The van der Waals surface area contributed by atoms with E-state index in [0.717, 1.165) is 30.0 Å². The number of nitriles is 1. The summed E-state index contributed by atoms with van der Waals surface area (Å²) in [6.07, 6.45) is 4.99.